The molecule has 36 heteroatoms. The number of carbonyl (C=O) groups is 12. The van der Waals surface area contributed by atoms with Gasteiger partial charge in [0.05, 0.1) is 34.7 Å². The molecule has 0 saturated carbocycles. The predicted octanol–water partition coefficient (Wildman–Crippen LogP) is -2.45. The fraction of sp³-hybridized carbons (Fsp3) is 0.479. The van der Waals surface area contributed by atoms with E-state index in [1.807, 2.05) is 60.7 Å². The van der Waals surface area contributed by atoms with Crippen molar-refractivity contribution in [1.82, 2.24) is 78.0 Å². The average molecular weight is 1550 g/mol. The van der Waals surface area contributed by atoms with E-state index in [9.17, 15) is 67.7 Å². The largest absolute Gasteiger partial charge is 0.391 e. The number of fused-ring (bicyclic) bond motifs is 1. The van der Waals surface area contributed by atoms with Crippen LogP contribution in [-0.4, -0.2) is 220 Å². The molecule has 34 nitrogen and oxygen atoms in total. The standard InChI is InChI=1S/C73H104N20O14S2/c1-41(2)38-56-70(104)85-51(25-31-75)64(98)84-54(28-34-78)69(103)90-61(42(3)94)72(106)81-36-29-55(67(101)83-52(26-32-76)66(100)89-57(71(105)88-56)39-44-14-7-6-8-15-44)86-65(99)53(27-33-77)87-73(107)62(43(4)95)91-68(102)50(24-30-74)82-60(96)19-13-37-108-93-58-40-46(109-59-18-10-9-17-48(59)63(97)79-5)21-22-47(58)49(92-93)23-20-45-16-11-12-35-80-45/h6-12,14-18,20-23,35,40-43,50-57,61-62,94-95H,13,19,24-34,36-39,74-78H2,1-5H3,(H,79,97)(H,81,106)(H,82,96)(H,83,101)(H,84,98)(H,85,104)(H,86,99)(H,87,107)(H,88,105)(H,89,100)(H,90,103)(H,91,102)/b23-20+/t42-,43-,50+,51+,52+,53+,54+,55+,56+,57-,61+,62+/m1/s1. The summed E-state index contributed by atoms with van der Waals surface area (Å²) in [6.45, 7) is 4.57. The van der Waals surface area contributed by atoms with Crippen LogP contribution in [0.25, 0.3) is 23.1 Å². The van der Waals surface area contributed by atoms with Crippen LogP contribution < -0.4 is 92.5 Å². The predicted molar refractivity (Wildman–Crippen MR) is 412 cm³/mol. The second kappa shape index (κ2) is 45.2. The molecule has 0 unspecified atom stereocenters. The van der Waals surface area contributed by atoms with Gasteiger partial charge in [-0.1, -0.05) is 74.1 Å². The zero-order chi connectivity index (χ0) is 79.7. The van der Waals surface area contributed by atoms with E-state index in [0.29, 0.717) is 34.7 Å². The fourth-order valence-electron chi connectivity index (χ4n) is 11.5. The maximum Gasteiger partial charge on any atom is 0.252 e. The van der Waals surface area contributed by atoms with Crippen molar-refractivity contribution in [3.8, 4) is 0 Å². The molecule has 0 radical (unpaired) electrons. The zero-order valence-electron chi connectivity index (χ0n) is 61.8. The van der Waals surface area contributed by atoms with Crippen molar-refractivity contribution in [2.24, 2.45) is 34.6 Å². The Kier molecular flexibility index (Phi) is 36.4. The number of aromatic nitrogens is 3. The summed E-state index contributed by atoms with van der Waals surface area (Å²) in [4.78, 5) is 175. The van der Waals surface area contributed by atoms with Crippen LogP contribution in [0.3, 0.4) is 0 Å². The van der Waals surface area contributed by atoms with E-state index < -0.39 is 151 Å². The van der Waals surface area contributed by atoms with Crippen molar-refractivity contribution in [2.45, 2.75) is 174 Å². The molecule has 0 aliphatic carbocycles. The highest BCUT2D eigenvalue weighted by molar-refractivity contribution is 7.99. The minimum Gasteiger partial charge on any atom is -0.391 e. The van der Waals surface area contributed by atoms with Crippen LogP contribution in [0.4, 0.5) is 0 Å². The van der Waals surface area contributed by atoms with Gasteiger partial charge in [0, 0.05) is 53.6 Å². The molecule has 1 saturated heterocycles. The van der Waals surface area contributed by atoms with Gasteiger partial charge in [0.25, 0.3) is 5.91 Å². The number of nitrogens with zero attached hydrogens (tertiary/aromatic N) is 3. The van der Waals surface area contributed by atoms with Gasteiger partial charge in [-0.15, -0.1) is 0 Å². The first kappa shape index (κ1) is 88.0. The van der Waals surface area contributed by atoms with Gasteiger partial charge in [-0.25, -0.2) is 4.09 Å². The van der Waals surface area contributed by atoms with Crippen LogP contribution in [0, 0.1) is 5.92 Å². The molecule has 109 heavy (non-hydrogen) atoms. The van der Waals surface area contributed by atoms with E-state index in [1.165, 1.54) is 37.6 Å². The van der Waals surface area contributed by atoms with E-state index >= 15 is 0 Å². The van der Waals surface area contributed by atoms with Crippen LogP contribution in [0.2, 0.25) is 0 Å². The summed E-state index contributed by atoms with van der Waals surface area (Å²) >= 11 is 2.75. The van der Waals surface area contributed by atoms with Gasteiger partial charge in [0.2, 0.25) is 65.0 Å². The third-order valence-electron chi connectivity index (χ3n) is 17.3. The lowest BCUT2D eigenvalue weighted by Gasteiger charge is -2.29. The van der Waals surface area contributed by atoms with Crippen molar-refractivity contribution >= 4 is 118 Å². The lowest BCUT2D eigenvalue weighted by atomic mass is 10.00. The van der Waals surface area contributed by atoms with Crippen LogP contribution in [-0.2, 0) is 59.2 Å². The maximum absolute atomic E-state index is 14.7. The Morgan fingerprint density at radius 3 is 1.80 bits per heavy atom. The fourth-order valence-corrected chi connectivity index (χ4v) is 13.4. The summed E-state index contributed by atoms with van der Waals surface area (Å²) in [5.41, 5.74) is 32.9. The van der Waals surface area contributed by atoms with E-state index in [-0.39, 0.29) is 95.9 Å². The third-order valence-corrected chi connectivity index (χ3v) is 19.4. The van der Waals surface area contributed by atoms with Gasteiger partial charge >= 0.3 is 0 Å². The second-order valence-corrected chi connectivity index (χ2v) is 28.6. The number of hydrogen-bond donors (Lipinski definition) is 19. The van der Waals surface area contributed by atoms with Crippen molar-refractivity contribution in [1.29, 1.82) is 0 Å². The molecule has 5 aromatic rings. The lowest BCUT2D eigenvalue weighted by Crippen LogP contribution is -2.62. The summed E-state index contributed by atoms with van der Waals surface area (Å²) in [7, 11) is 1.57. The third kappa shape index (κ3) is 27.6. The number of pyridine rings is 1. The molecular formula is C73H104N20O14S2. The first-order valence-corrected chi connectivity index (χ1v) is 37.9. The number of nitrogens with two attached hydrogens (primary N) is 5. The number of aliphatic hydroxyl groups is 2. The lowest BCUT2D eigenvalue weighted by molar-refractivity contribution is -0.137. The van der Waals surface area contributed by atoms with Gasteiger partial charge in [-0.2, -0.15) is 5.10 Å². The summed E-state index contributed by atoms with van der Waals surface area (Å²) in [6, 6.07) is 11.9. The molecule has 0 bridgehead atoms. The molecule has 3 heterocycles. The molecular weight excluding hydrogens is 1450 g/mol. The topological polar surface area (TPSA) is 550 Å². The summed E-state index contributed by atoms with van der Waals surface area (Å²) in [5, 5.41) is 58.6. The molecule has 1 aliphatic rings. The molecule has 1 fully saturated rings. The number of rotatable bonds is 33. The molecule has 12 amide bonds. The first-order chi connectivity index (χ1) is 52.2. The maximum atomic E-state index is 14.7. The van der Waals surface area contributed by atoms with Crippen LogP contribution in [0.1, 0.15) is 113 Å². The minimum absolute atomic E-state index is 0.0281. The van der Waals surface area contributed by atoms with Gasteiger partial charge in [0.1, 0.15) is 60.4 Å². The Morgan fingerprint density at radius 1 is 0.624 bits per heavy atom. The summed E-state index contributed by atoms with van der Waals surface area (Å²) in [5.74, 6) is -10.2. The van der Waals surface area contributed by atoms with E-state index in [2.05, 4.69) is 68.8 Å². The highest BCUT2D eigenvalue weighted by Crippen LogP contribution is 2.35. The number of carbonyl (C=O) groups excluding carboxylic acids is 12. The van der Waals surface area contributed by atoms with Crippen LogP contribution in [0.15, 0.2) is 107 Å². The van der Waals surface area contributed by atoms with Gasteiger partial charge in [0.15, 0.2) is 0 Å². The normalized spacial score (nSPS) is 20.2. The molecule has 1 aliphatic heterocycles. The Hall–Kier alpha value is -9.92. The van der Waals surface area contributed by atoms with E-state index in [1.54, 1.807) is 73.6 Å². The highest BCUT2D eigenvalue weighted by Gasteiger charge is 2.38. The zero-order valence-corrected chi connectivity index (χ0v) is 63.4. The quantitative estimate of drug-likeness (QED) is 0.0194. The molecule has 0 spiro atoms. The van der Waals surface area contributed by atoms with Crippen LogP contribution >= 0.6 is 23.7 Å². The summed E-state index contributed by atoms with van der Waals surface area (Å²) in [6.07, 6.45) is 0.733. The Labute approximate surface area is 641 Å². The Bertz CT molecular complexity index is 3930. The Balaban J connectivity index is 1.20. The van der Waals surface area contributed by atoms with Crippen molar-refractivity contribution in [3.63, 3.8) is 0 Å². The van der Waals surface area contributed by atoms with E-state index in [0.717, 1.165) is 20.7 Å². The van der Waals surface area contributed by atoms with Gasteiger partial charge in [-0.05, 0) is 176 Å². The van der Waals surface area contributed by atoms with Gasteiger partial charge < -0.3 is 103 Å². The molecule has 24 N–H and O–H groups in total. The van der Waals surface area contributed by atoms with Crippen molar-refractivity contribution in [2.75, 3.05) is 52.1 Å². The van der Waals surface area contributed by atoms with E-state index in [4.69, 9.17) is 33.8 Å². The highest BCUT2D eigenvalue weighted by atomic mass is 32.2. The van der Waals surface area contributed by atoms with Crippen molar-refractivity contribution in [3.05, 3.63) is 120 Å². The summed E-state index contributed by atoms with van der Waals surface area (Å²) < 4.78 is 1.75. The Morgan fingerprint density at radius 2 is 1.20 bits per heavy atom. The second-order valence-electron chi connectivity index (χ2n) is 26.4. The van der Waals surface area contributed by atoms with Crippen LogP contribution in [0.5, 0.6) is 0 Å². The molecule has 2 aromatic heterocycles. The smallest absolute Gasteiger partial charge is 0.252 e. The number of nitrogens with one attached hydrogen (secondary N) is 12. The minimum atomic E-state index is -1.79. The average Bonchev–Trinajstić information content (AvgIpc) is 1.66. The molecule has 12 atom stereocenters. The van der Waals surface area contributed by atoms with Gasteiger partial charge in [-0.3, -0.25) is 62.5 Å². The number of amides is 12. The first-order valence-electron chi connectivity index (χ1n) is 36.2. The SMILES string of the molecule is CNC(=O)c1ccccc1Sc1ccc2c(/C=C/c3ccccn3)nn(SCCCC(=O)N[C@@H](CCN)C(=O)N[C@H](C(=O)N[C@@H](CCN)C(=O)N[C@H]3CCNC(=O)[C@H]([C@@H](C)O)NC(=O)[C@H](CCN)NC(=O)[C@H](CCN)NC(=O)[C@H](CC(C)C)NC(=O)[C@@H](Cc4ccccc4)NC(=O)[C@H](CCN)NC3=O)[C@@H](C)O)c2c1. The molecule has 592 valence electrons. The molecule has 6 rings (SSSR count). The number of aliphatic hydroxyl groups excluding tert-OH is 2. The number of hydrogen-bond acceptors (Lipinski definition) is 23. The molecule has 3 aromatic carbocycles. The monoisotopic (exact) mass is 1550 g/mol. The number of benzene rings is 3. The van der Waals surface area contributed by atoms with Crippen molar-refractivity contribution < 1.29 is 67.7 Å².